The van der Waals surface area contributed by atoms with E-state index in [0.29, 0.717) is 24.2 Å². The van der Waals surface area contributed by atoms with E-state index < -0.39 is 0 Å². The second kappa shape index (κ2) is 7.41. The number of carbonyl (C=O) groups is 2. The molecule has 2 heterocycles. The van der Waals surface area contributed by atoms with Crippen molar-refractivity contribution in [3.05, 3.63) is 72.3 Å². The first-order valence-electron chi connectivity index (χ1n) is 8.83. The maximum absolute atomic E-state index is 12.8. The number of hydrogen-bond donors (Lipinski definition) is 1. The molecule has 4 rings (SSSR count). The van der Waals surface area contributed by atoms with E-state index in [1.807, 2.05) is 47.4 Å². The predicted octanol–water partition coefficient (Wildman–Crippen LogP) is 2.64. The lowest BCUT2D eigenvalue weighted by Gasteiger charge is -2.16. The maximum Gasteiger partial charge on any atom is 0.255 e. The van der Waals surface area contributed by atoms with E-state index in [2.05, 4.69) is 15.4 Å². The molecule has 3 aromatic rings. The van der Waals surface area contributed by atoms with Gasteiger partial charge in [-0.25, -0.2) is 9.67 Å². The first kappa shape index (κ1) is 17.0. The van der Waals surface area contributed by atoms with Gasteiger partial charge in [0.2, 0.25) is 5.91 Å². The van der Waals surface area contributed by atoms with Gasteiger partial charge in [-0.2, -0.15) is 5.10 Å². The number of nitrogens with zero attached hydrogens (tertiary/aromatic N) is 4. The quantitative estimate of drug-likeness (QED) is 0.758. The van der Waals surface area contributed by atoms with Crippen LogP contribution in [0.2, 0.25) is 0 Å². The van der Waals surface area contributed by atoms with Gasteiger partial charge in [0.05, 0.1) is 11.4 Å². The molecule has 0 saturated carbocycles. The average molecular weight is 361 g/mol. The summed E-state index contributed by atoms with van der Waals surface area (Å²) in [5.41, 5.74) is 2.88. The van der Waals surface area contributed by atoms with Crippen molar-refractivity contribution >= 4 is 17.5 Å². The SMILES string of the molecule is O=C(Nc1ccccc1-n1cncn1)c1cccc(CN2CCCC2=O)c1. The van der Waals surface area contributed by atoms with Crippen LogP contribution in [0.15, 0.2) is 61.2 Å². The zero-order chi connectivity index (χ0) is 18.6. The fourth-order valence-corrected chi connectivity index (χ4v) is 3.21. The lowest BCUT2D eigenvalue weighted by molar-refractivity contribution is -0.128. The van der Waals surface area contributed by atoms with Crippen molar-refractivity contribution in [2.24, 2.45) is 0 Å². The van der Waals surface area contributed by atoms with Crippen LogP contribution in [0.3, 0.4) is 0 Å². The van der Waals surface area contributed by atoms with Gasteiger partial charge in [-0.05, 0) is 36.2 Å². The van der Waals surface area contributed by atoms with Crippen LogP contribution in [0.1, 0.15) is 28.8 Å². The fourth-order valence-electron chi connectivity index (χ4n) is 3.21. The Morgan fingerprint density at radius 3 is 2.81 bits per heavy atom. The summed E-state index contributed by atoms with van der Waals surface area (Å²) in [5, 5.41) is 7.06. The smallest absolute Gasteiger partial charge is 0.255 e. The Morgan fingerprint density at radius 1 is 1.15 bits per heavy atom. The van der Waals surface area contributed by atoms with Gasteiger partial charge in [-0.1, -0.05) is 24.3 Å². The zero-order valence-corrected chi connectivity index (χ0v) is 14.7. The molecule has 2 amide bonds. The van der Waals surface area contributed by atoms with E-state index in [-0.39, 0.29) is 11.8 Å². The Hall–Kier alpha value is -3.48. The average Bonchev–Trinajstić information content (AvgIpc) is 3.35. The van der Waals surface area contributed by atoms with Crippen molar-refractivity contribution in [3.63, 3.8) is 0 Å². The first-order chi connectivity index (χ1) is 13.2. The summed E-state index contributed by atoms with van der Waals surface area (Å²) in [7, 11) is 0. The minimum atomic E-state index is -0.211. The first-order valence-corrected chi connectivity index (χ1v) is 8.83. The number of carbonyl (C=O) groups excluding carboxylic acids is 2. The van der Waals surface area contributed by atoms with E-state index in [1.54, 1.807) is 17.1 Å². The molecule has 1 aromatic heterocycles. The third kappa shape index (κ3) is 3.72. The second-order valence-corrected chi connectivity index (χ2v) is 6.43. The van der Waals surface area contributed by atoms with E-state index in [1.165, 1.54) is 6.33 Å². The van der Waals surface area contributed by atoms with Crippen LogP contribution in [0, 0.1) is 0 Å². The van der Waals surface area contributed by atoms with E-state index in [0.717, 1.165) is 24.2 Å². The molecule has 0 unspecified atom stereocenters. The molecular weight excluding hydrogens is 342 g/mol. The molecule has 2 aromatic carbocycles. The Morgan fingerprint density at radius 2 is 2.04 bits per heavy atom. The third-order valence-electron chi connectivity index (χ3n) is 4.55. The van der Waals surface area contributed by atoms with Gasteiger partial charge in [0, 0.05) is 25.1 Å². The van der Waals surface area contributed by atoms with Crippen molar-refractivity contribution in [3.8, 4) is 5.69 Å². The van der Waals surface area contributed by atoms with Crippen molar-refractivity contribution in [1.29, 1.82) is 0 Å². The zero-order valence-electron chi connectivity index (χ0n) is 14.7. The monoisotopic (exact) mass is 361 g/mol. The Labute approximate surface area is 156 Å². The standard InChI is InChI=1S/C20H19N5O2/c26-19-9-4-10-24(19)12-15-5-3-6-16(11-15)20(27)23-17-7-1-2-8-18(17)25-14-21-13-22-25/h1-3,5-8,11,13-14H,4,9-10,12H2,(H,23,27). The molecule has 1 N–H and O–H groups in total. The predicted molar refractivity (Wildman–Crippen MR) is 100 cm³/mol. The second-order valence-electron chi connectivity index (χ2n) is 6.43. The van der Waals surface area contributed by atoms with Crippen LogP contribution >= 0.6 is 0 Å². The Kier molecular flexibility index (Phi) is 4.65. The number of benzene rings is 2. The van der Waals surface area contributed by atoms with Crippen LogP contribution in [0.4, 0.5) is 5.69 Å². The third-order valence-corrected chi connectivity index (χ3v) is 4.55. The van der Waals surface area contributed by atoms with Crippen molar-refractivity contribution in [2.45, 2.75) is 19.4 Å². The van der Waals surface area contributed by atoms with Gasteiger partial charge in [0.15, 0.2) is 0 Å². The number of rotatable bonds is 5. The highest BCUT2D eigenvalue weighted by Gasteiger charge is 2.20. The minimum Gasteiger partial charge on any atom is -0.338 e. The van der Waals surface area contributed by atoms with Gasteiger partial charge in [0.1, 0.15) is 12.7 Å². The summed E-state index contributed by atoms with van der Waals surface area (Å²) in [4.78, 5) is 30.4. The van der Waals surface area contributed by atoms with E-state index >= 15 is 0 Å². The summed E-state index contributed by atoms with van der Waals surface area (Å²) < 4.78 is 1.60. The number of amides is 2. The maximum atomic E-state index is 12.8. The molecule has 7 nitrogen and oxygen atoms in total. The molecule has 27 heavy (non-hydrogen) atoms. The molecular formula is C20H19N5O2. The number of para-hydroxylation sites is 2. The van der Waals surface area contributed by atoms with Crippen LogP contribution in [-0.4, -0.2) is 38.0 Å². The van der Waals surface area contributed by atoms with Crippen LogP contribution in [0.25, 0.3) is 5.69 Å². The molecule has 0 aliphatic carbocycles. The van der Waals surface area contributed by atoms with Crippen LogP contribution < -0.4 is 5.32 Å². The Bertz CT molecular complexity index is 968. The largest absolute Gasteiger partial charge is 0.338 e. The number of nitrogens with one attached hydrogen (secondary N) is 1. The molecule has 1 aliphatic rings. The molecule has 1 aliphatic heterocycles. The van der Waals surface area contributed by atoms with E-state index in [4.69, 9.17) is 0 Å². The van der Waals surface area contributed by atoms with Gasteiger partial charge in [-0.3, -0.25) is 9.59 Å². The summed E-state index contributed by atoms with van der Waals surface area (Å²) in [5.74, 6) is -0.0382. The number of likely N-dealkylation sites (tertiary alicyclic amines) is 1. The van der Waals surface area contributed by atoms with Crippen molar-refractivity contribution in [1.82, 2.24) is 19.7 Å². The molecule has 0 atom stereocenters. The normalized spacial score (nSPS) is 13.8. The molecule has 0 bridgehead atoms. The highest BCUT2D eigenvalue weighted by molar-refractivity contribution is 6.05. The van der Waals surface area contributed by atoms with Crippen molar-refractivity contribution in [2.75, 3.05) is 11.9 Å². The van der Waals surface area contributed by atoms with Crippen LogP contribution in [0.5, 0.6) is 0 Å². The number of anilines is 1. The topological polar surface area (TPSA) is 80.1 Å². The summed E-state index contributed by atoms with van der Waals surface area (Å²) in [6, 6.07) is 14.8. The van der Waals surface area contributed by atoms with Crippen molar-refractivity contribution < 1.29 is 9.59 Å². The number of hydrogen-bond acceptors (Lipinski definition) is 4. The van der Waals surface area contributed by atoms with Gasteiger partial charge in [0.25, 0.3) is 5.91 Å². The molecule has 0 radical (unpaired) electrons. The summed E-state index contributed by atoms with van der Waals surface area (Å²) in [6.07, 6.45) is 4.54. The summed E-state index contributed by atoms with van der Waals surface area (Å²) >= 11 is 0. The molecule has 1 saturated heterocycles. The molecule has 0 spiro atoms. The highest BCUT2D eigenvalue weighted by Crippen LogP contribution is 2.20. The van der Waals surface area contributed by atoms with Gasteiger partial charge in [-0.15, -0.1) is 0 Å². The molecule has 7 heteroatoms. The lowest BCUT2D eigenvalue weighted by Crippen LogP contribution is -2.24. The molecule has 136 valence electrons. The summed E-state index contributed by atoms with van der Waals surface area (Å²) in [6.45, 7) is 1.32. The highest BCUT2D eigenvalue weighted by atomic mass is 16.2. The van der Waals surface area contributed by atoms with Gasteiger partial charge < -0.3 is 10.2 Å². The minimum absolute atomic E-state index is 0.173. The number of aromatic nitrogens is 3. The van der Waals surface area contributed by atoms with E-state index in [9.17, 15) is 9.59 Å². The fraction of sp³-hybridized carbons (Fsp3) is 0.200. The lowest BCUT2D eigenvalue weighted by atomic mass is 10.1. The van der Waals surface area contributed by atoms with Crippen LogP contribution in [-0.2, 0) is 11.3 Å². The van der Waals surface area contributed by atoms with Gasteiger partial charge >= 0.3 is 0 Å². The molecule has 1 fully saturated rings. The Balaban J connectivity index is 1.53.